The van der Waals surface area contributed by atoms with Crippen molar-refractivity contribution in [3.63, 3.8) is 0 Å². The fourth-order valence-corrected chi connectivity index (χ4v) is 4.51. The molecule has 0 saturated heterocycles. The minimum absolute atomic E-state index is 0.293. The Morgan fingerprint density at radius 3 is 2.52 bits per heavy atom. The van der Waals surface area contributed by atoms with Gasteiger partial charge in [0.1, 0.15) is 16.4 Å². The molecule has 33 heavy (non-hydrogen) atoms. The zero-order valence-electron chi connectivity index (χ0n) is 17.8. The number of hydrogen-bond acceptors (Lipinski definition) is 6. The molecule has 0 atom stereocenters. The molecule has 166 valence electrons. The molecular formula is C25H19ClN2O4S. The number of aryl methyl sites for hydroxylation is 1. The van der Waals surface area contributed by atoms with Crippen LogP contribution in [-0.4, -0.2) is 25.2 Å². The van der Waals surface area contributed by atoms with Gasteiger partial charge < -0.3 is 9.47 Å². The first-order valence-electron chi connectivity index (χ1n) is 9.93. The van der Waals surface area contributed by atoms with Crippen LogP contribution in [0.15, 0.2) is 71.8 Å². The van der Waals surface area contributed by atoms with E-state index >= 15 is 0 Å². The zero-order valence-corrected chi connectivity index (χ0v) is 19.4. The summed E-state index contributed by atoms with van der Waals surface area (Å²) in [7, 11) is 1.58. The van der Waals surface area contributed by atoms with Crippen molar-refractivity contribution in [3.05, 3.63) is 93.3 Å². The zero-order chi connectivity index (χ0) is 23.4. The van der Waals surface area contributed by atoms with E-state index in [9.17, 15) is 9.59 Å². The molecule has 1 N–H and O–H groups in total. The standard InChI is InChI=1S/C25H19ClN2O4S/c1-15-4-3-5-17(12-15)24(29)28-27-14-16-6-8-18(9-7-16)32-25(30)23-22(26)20-11-10-19(31-2)13-21(20)33-23/h3-14H,1-2H3,(H,28,29)/b27-14+. The van der Waals surface area contributed by atoms with Crippen molar-refractivity contribution in [1.29, 1.82) is 0 Å². The molecule has 0 aliphatic carbocycles. The van der Waals surface area contributed by atoms with E-state index in [1.165, 1.54) is 17.6 Å². The second-order valence-electron chi connectivity index (χ2n) is 7.13. The number of esters is 1. The molecule has 6 nitrogen and oxygen atoms in total. The van der Waals surface area contributed by atoms with Gasteiger partial charge in [0, 0.05) is 15.6 Å². The van der Waals surface area contributed by atoms with Gasteiger partial charge in [0.2, 0.25) is 0 Å². The SMILES string of the molecule is COc1ccc2c(Cl)c(C(=O)Oc3ccc(/C=N/NC(=O)c4cccc(C)c4)cc3)sc2c1. The van der Waals surface area contributed by atoms with Gasteiger partial charge in [-0.3, -0.25) is 4.79 Å². The molecule has 0 unspecified atom stereocenters. The molecule has 4 aromatic rings. The molecule has 1 amide bonds. The second-order valence-corrected chi connectivity index (χ2v) is 8.56. The first-order valence-corrected chi connectivity index (χ1v) is 11.1. The Morgan fingerprint density at radius 2 is 1.79 bits per heavy atom. The molecule has 8 heteroatoms. The van der Waals surface area contributed by atoms with E-state index in [1.807, 2.05) is 31.2 Å². The van der Waals surface area contributed by atoms with Crippen LogP contribution in [0.4, 0.5) is 0 Å². The van der Waals surface area contributed by atoms with Crippen molar-refractivity contribution < 1.29 is 19.1 Å². The maximum absolute atomic E-state index is 12.6. The fourth-order valence-electron chi connectivity index (χ4n) is 3.10. The largest absolute Gasteiger partial charge is 0.497 e. The van der Waals surface area contributed by atoms with E-state index in [-0.39, 0.29) is 5.91 Å². The van der Waals surface area contributed by atoms with Crippen molar-refractivity contribution in [2.24, 2.45) is 5.10 Å². The number of nitrogens with zero attached hydrogens (tertiary/aromatic N) is 1. The Hall–Kier alpha value is -3.68. The maximum Gasteiger partial charge on any atom is 0.355 e. The molecule has 3 aromatic carbocycles. The van der Waals surface area contributed by atoms with E-state index in [0.717, 1.165) is 21.2 Å². The Labute approximate surface area is 199 Å². The molecule has 1 aromatic heterocycles. The summed E-state index contributed by atoms with van der Waals surface area (Å²) in [6.07, 6.45) is 1.51. The minimum atomic E-state index is -0.535. The lowest BCUT2D eigenvalue weighted by molar-refractivity contribution is 0.0739. The van der Waals surface area contributed by atoms with Crippen molar-refractivity contribution in [2.75, 3.05) is 7.11 Å². The van der Waals surface area contributed by atoms with Crippen LogP contribution in [0.3, 0.4) is 0 Å². The van der Waals surface area contributed by atoms with E-state index in [1.54, 1.807) is 49.6 Å². The van der Waals surface area contributed by atoms with Crippen LogP contribution >= 0.6 is 22.9 Å². The monoisotopic (exact) mass is 478 g/mol. The van der Waals surface area contributed by atoms with Crippen LogP contribution in [0.5, 0.6) is 11.5 Å². The van der Waals surface area contributed by atoms with Crippen LogP contribution in [0, 0.1) is 6.92 Å². The minimum Gasteiger partial charge on any atom is -0.497 e. The summed E-state index contributed by atoms with van der Waals surface area (Å²) in [5, 5.41) is 5.11. The number of carbonyl (C=O) groups is 2. The van der Waals surface area contributed by atoms with Gasteiger partial charge in [0.05, 0.1) is 18.3 Å². The third kappa shape index (κ3) is 5.22. The predicted molar refractivity (Wildman–Crippen MR) is 131 cm³/mol. The Morgan fingerprint density at radius 1 is 1.03 bits per heavy atom. The molecule has 1 heterocycles. The summed E-state index contributed by atoms with van der Waals surface area (Å²) >= 11 is 7.64. The molecule has 0 radical (unpaired) electrons. The number of hydrogen-bond donors (Lipinski definition) is 1. The second kappa shape index (κ2) is 9.85. The van der Waals surface area contributed by atoms with E-state index in [0.29, 0.717) is 27.0 Å². The lowest BCUT2D eigenvalue weighted by Crippen LogP contribution is -2.17. The van der Waals surface area contributed by atoms with Crippen LogP contribution in [0.1, 0.15) is 31.2 Å². The Balaban J connectivity index is 1.40. The van der Waals surface area contributed by atoms with E-state index in [2.05, 4.69) is 10.5 Å². The average molecular weight is 479 g/mol. The highest BCUT2D eigenvalue weighted by Gasteiger charge is 2.19. The van der Waals surface area contributed by atoms with Crippen LogP contribution in [-0.2, 0) is 0 Å². The fraction of sp³-hybridized carbons (Fsp3) is 0.0800. The van der Waals surface area contributed by atoms with Gasteiger partial charge in [0.25, 0.3) is 5.91 Å². The van der Waals surface area contributed by atoms with Gasteiger partial charge in [-0.2, -0.15) is 5.10 Å². The first kappa shape index (κ1) is 22.5. The summed E-state index contributed by atoms with van der Waals surface area (Å²) in [5.41, 5.74) is 4.75. The highest BCUT2D eigenvalue weighted by atomic mass is 35.5. The van der Waals surface area contributed by atoms with Gasteiger partial charge in [-0.05, 0) is 67.1 Å². The van der Waals surface area contributed by atoms with Gasteiger partial charge in [-0.15, -0.1) is 11.3 Å². The number of nitrogens with one attached hydrogen (secondary N) is 1. The summed E-state index contributed by atoms with van der Waals surface area (Å²) in [6, 6.07) is 19.4. The highest BCUT2D eigenvalue weighted by Crippen LogP contribution is 2.37. The van der Waals surface area contributed by atoms with Crippen LogP contribution in [0.2, 0.25) is 5.02 Å². The number of ether oxygens (including phenoxy) is 2. The third-order valence-corrected chi connectivity index (χ3v) is 6.41. The first-order chi connectivity index (χ1) is 15.9. The Bertz CT molecular complexity index is 1360. The smallest absolute Gasteiger partial charge is 0.355 e. The summed E-state index contributed by atoms with van der Waals surface area (Å²) in [6.45, 7) is 1.92. The van der Waals surface area contributed by atoms with Gasteiger partial charge in [-0.1, -0.05) is 29.3 Å². The molecule has 0 aliphatic heterocycles. The third-order valence-electron chi connectivity index (χ3n) is 4.77. The maximum atomic E-state index is 12.6. The topological polar surface area (TPSA) is 77.0 Å². The highest BCUT2D eigenvalue weighted by molar-refractivity contribution is 7.21. The van der Waals surface area contributed by atoms with E-state index < -0.39 is 5.97 Å². The Kier molecular flexibility index (Phi) is 6.72. The number of hydrazone groups is 1. The van der Waals surface area contributed by atoms with Crippen molar-refractivity contribution in [1.82, 2.24) is 5.43 Å². The number of amides is 1. The molecule has 0 fully saturated rings. The summed E-state index contributed by atoms with van der Waals surface area (Å²) in [5.74, 6) is 0.227. The molecule has 0 saturated carbocycles. The van der Waals surface area contributed by atoms with Crippen molar-refractivity contribution >= 4 is 51.1 Å². The number of benzene rings is 3. The number of halogens is 1. The molecule has 0 bridgehead atoms. The van der Waals surface area contributed by atoms with Gasteiger partial charge in [-0.25, -0.2) is 10.2 Å². The van der Waals surface area contributed by atoms with Crippen LogP contribution < -0.4 is 14.9 Å². The number of methoxy groups -OCH3 is 1. The quantitative estimate of drug-likeness (QED) is 0.163. The number of fused-ring (bicyclic) bond motifs is 1. The lowest BCUT2D eigenvalue weighted by atomic mass is 10.1. The lowest BCUT2D eigenvalue weighted by Gasteiger charge is -2.04. The average Bonchev–Trinajstić information content (AvgIpc) is 3.16. The molecule has 0 spiro atoms. The van der Waals surface area contributed by atoms with Crippen molar-refractivity contribution in [3.8, 4) is 11.5 Å². The molecule has 4 rings (SSSR count). The van der Waals surface area contributed by atoms with Gasteiger partial charge >= 0.3 is 5.97 Å². The summed E-state index contributed by atoms with van der Waals surface area (Å²) in [4.78, 5) is 25.1. The predicted octanol–water partition coefficient (Wildman–Crippen LogP) is 5.85. The number of thiophene rings is 1. The van der Waals surface area contributed by atoms with Crippen molar-refractivity contribution in [2.45, 2.75) is 6.92 Å². The normalized spacial score (nSPS) is 11.0. The number of carbonyl (C=O) groups excluding carboxylic acids is 2. The van der Waals surface area contributed by atoms with Crippen LogP contribution in [0.25, 0.3) is 10.1 Å². The van der Waals surface area contributed by atoms with Gasteiger partial charge in [0.15, 0.2) is 0 Å². The molecular weight excluding hydrogens is 460 g/mol. The van der Waals surface area contributed by atoms with E-state index in [4.69, 9.17) is 21.1 Å². The summed E-state index contributed by atoms with van der Waals surface area (Å²) < 4.78 is 11.5. The number of rotatable bonds is 6. The molecule has 0 aliphatic rings.